The van der Waals surface area contributed by atoms with Gasteiger partial charge in [-0.3, -0.25) is 14.9 Å². The molecule has 41 heavy (non-hydrogen) atoms. The predicted octanol–water partition coefficient (Wildman–Crippen LogP) is 7.44. The van der Waals surface area contributed by atoms with E-state index in [0.29, 0.717) is 13.1 Å². The zero-order chi connectivity index (χ0) is 28.1. The van der Waals surface area contributed by atoms with Gasteiger partial charge in [-0.2, -0.15) is 0 Å². The molecule has 5 aromatic rings. The van der Waals surface area contributed by atoms with Crippen LogP contribution in [0.15, 0.2) is 121 Å². The molecular formula is C34H34N4O2S. The first-order valence-corrected chi connectivity index (χ1v) is 14.7. The van der Waals surface area contributed by atoms with E-state index in [1.54, 1.807) is 21.7 Å². The smallest absolute Gasteiger partial charge is 0.410 e. The average Bonchev–Trinajstić information content (AvgIpc) is 3.54. The highest BCUT2D eigenvalue weighted by atomic mass is 32.1. The third kappa shape index (κ3) is 8.83. The number of hydrogen-bond donors (Lipinski definition) is 0. The zero-order valence-corrected chi connectivity index (χ0v) is 23.8. The molecule has 1 amide bonds. The SMILES string of the molecule is O=C(OCc1ccccc1)N(CCCN(Cc1ccccc1)Cc1ccc(-c2ccccn2)cc1)Cc1cncs1. The minimum atomic E-state index is -0.304. The van der Waals surface area contributed by atoms with Gasteiger partial charge in [-0.1, -0.05) is 91.0 Å². The lowest BCUT2D eigenvalue weighted by Crippen LogP contribution is -2.34. The van der Waals surface area contributed by atoms with E-state index in [1.807, 2.05) is 67.0 Å². The van der Waals surface area contributed by atoms with E-state index >= 15 is 0 Å². The van der Waals surface area contributed by atoms with E-state index < -0.39 is 0 Å². The number of rotatable bonds is 13. The number of benzene rings is 3. The van der Waals surface area contributed by atoms with Crippen LogP contribution in [0.25, 0.3) is 11.3 Å². The molecule has 2 aromatic heterocycles. The quantitative estimate of drug-likeness (QED) is 0.149. The van der Waals surface area contributed by atoms with Gasteiger partial charge in [-0.25, -0.2) is 4.79 Å². The van der Waals surface area contributed by atoms with Gasteiger partial charge in [-0.05, 0) is 35.2 Å². The normalized spacial score (nSPS) is 11.0. The fraction of sp³-hybridized carbons (Fsp3) is 0.206. The summed E-state index contributed by atoms with van der Waals surface area (Å²) in [6, 6.07) is 34.9. The topological polar surface area (TPSA) is 58.6 Å². The Morgan fingerprint density at radius 2 is 1.41 bits per heavy atom. The second-order valence-electron chi connectivity index (χ2n) is 9.89. The van der Waals surface area contributed by atoms with Crippen LogP contribution in [0.2, 0.25) is 0 Å². The number of hydrogen-bond acceptors (Lipinski definition) is 6. The van der Waals surface area contributed by atoms with Crippen LogP contribution < -0.4 is 0 Å². The fourth-order valence-electron chi connectivity index (χ4n) is 4.67. The molecule has 7 heteroatoms. The summed E-state index contributed by atoms with van der Waals surface area (Å²) in [5.41, 5.74) is 7.35. The van der Waals surface area contributed by atoms with Crippen molar-refractivity contribution in [1.29, 1.82) is 0 Å². The Kier molecular flexibility index (Phi) is 10.2. The van der Waals surface area contributed by atoms with Gasteiger partial charge in [0, 0.05) is 49.0 Å². The lowest BCUT2D eigenvalue weighted by atomic mass is 10.1. The summed E-state index contributed by atoms with van der Waals surface area (Å²) in [5.74, 6) is 0. The molecule has 0 unspecified atom stereocenters. The van der Waals surface area contributed by atoms with Gasteiger partial charge in [0.25, 0.3) is 0 Å². The summed E-state index contributed by atoms with van der Waals surface area (Å²) in [5, 5.41) is 0. The third-order valence-electron chi connectivity index (χ3n) is 6.77. The monoisotopic (exact) mass is 562 g/mol. The molecular weight excluding hydrogens is 528 g/mol. The number of carbonyl (C=O) groups excluding carboxylic acids is 1. The van der Waals surface area contributed by atoms with Crippen LogP contribution in [0.3, 0.4) is 0 Å². The van der Waals surface area contributed by atoms with E-state index in [0.717, 1.165) is 47.8 Å². The predicted molar refractivity (Wildman–Crippen MR) is 164 cm³/mol. The molecule has 0 saturated heterocycles. The summed E-state index contributed by atoms with van der Waals surface area (Å²) in [6.45, 7) is 3.82. The molecule has 0 bridgehead atoms. The highest BCUT2D eigenvalue weighted by molar-refractivity contribution is 7.09. The van der Waals surface area contributed by atoms with Crippen LogP contribution in [0, 0.1) is 0 Å². The molecule has 0 aliphatic carbocycles. The van der Waals surface area contributed by atoms with Crippen molar-refractivity contribution in [3.63, 3.8) is 0 Å². The Hall–Kier alpha value is -4.33. The van der Waals surface area contributed by atoms with Gasteiger partial charge in [-0.15, -0.1) is 11.3 Å². The average molecular weight is 563 g/mol. The van der Waals surface area contributed by atoms with Gasteiger partial charge in [0.05, 0.1) is 17.7 Å². The van der Waals surface area contributed by atoms with E-state index in [1.165, 1.54) is 11.1 Å². The Bertz CT molecular complexity index is 1450. The summed E-state index contributed by atoms with van der Waals surface area (Å²) in [6.07, 6.45) is 4.15. The van der Waals surface area contributed by atoms with E-state index in [-0.39, 0.29) is 12.7 Å². The van der Waals surface area contributed by atoms with Crippen molar-refractivity contribution >= 4 is 17.4 Å². The highest BCUT2D eigenvalue weighted by Crippen LogP contribution is 2.19. The van der Waals surface area contributed by atoms with Gasteiger partial charge in [0.2, 0.25) is 0 Å². The first-order chi connectivity index (χ1) is 20.2. The van der Waals surface area contributed by atoms with Crippen molar-refractivity contribution in [2.45, 2.75) is 32.7 Å². The number of amides is 1. The van der Waals surface area contributed by atoms with E-state index in [2.05, 4.69) is 63.4 Å². The molecule has 0 aliphatic heterocycles. The number of aromatic nitrogens is 2. The maximum Gasteiger partial charge on any atom is 0.410 e. The Morgan fingerprint density at radius 3 is 2.07 bits per heavy atom. The minimum absolute atomic E-state index is 0.257. The Morgan fingerprint density at radius 1 is 0.732 bits per heavy atom. The molecule has 2 heterocycles. The van der Waals surface area contributed by atoms with E-state index in [4.69, 9.17) is 4.74 Å². The minimum Gasteiger partial charge on any atom is -0.445 e. The molecule has 0 saturated carbocycles. The molecule has 208 valence electrons. The van der Waals surface area contributed by atoms with E-state index in [9.17, 15) is 4.79 Å². The van der Waals surface area contributed by atoms with Crippen LogP contribution in [-0.4, -0.2) is 39.0 Å². The van der Waals surface area contributed by atoms with Crippen LogP contribution in [0.4, 0.5) is 4.79 Å². The number of pyridine rings is 1. The Labute approximate surface area is 245 Å². The van der Waals surface area contributed by atoms with Gasteiger partial charge >= 0.3 is 6.09 Å². The van der Waals surface area contributed by atoms with Crippen LogP contribution in [-0.2, 0) is 31.0 Å². The van der Waals surface area contributed by atoms with Crippen molar-refractivity contribution < 1.29 is 9.53 Å². The summed E-state index contributed by atoms with van der Waals surface area (Å²) < 4.78 is 5.69. The van der Waals surface area contributed by atoms with Gasteiger partial charge < -0.3 is 9.64 Å². The molecule has 5 rings (SSSR count). The molecule has 6 nitrogen and oxygen atoms in total. The highest BCUT2D eigenvalue weighted by Gasteiger charge is 2.17. The summed E-state index contributed by atoms with van der Waals surface area (Å²) >= 11 is 1.55. The molecule has 0 fully saturated rings. The number of thiazole rings is 1. The van der Waals surface area contributed by atoms with Crippen LogP contribution in [0.5, 0.6) is 0 Å². The van der Waals surface area contributed by atoms with Crippen molar-refractivity contribution in [3.05, 3.63) is 143 Å². The molecule has 0 N–H and O–H groups in total. The molecule has 0 spiro atoms. The van der Waals surface area contributed by atoms with Crippen LogP contribution >= 0.6 is 11.3 Å². The second kappa shape index (κ2) is 14.9. The second-order valence-corrected chi connectivity index (χ2v) is 10.9. The molecule has 0 aliphatic rings. The molecule has 3 aromatic carbocycles. The molecule has 0 radical (unpaired) electrons. The van der Waals surface area contributed by atoms with Crippen molar-refractivity contribution in [3.8, 4) is 11.3 Å². The number of nitrogens with zero attached hydrogens (tertiary/aromatic N) is 4. The van der Waals surface area contributed by atoms with Gasteiger partial charge in [0.1, 0.15) is 6.61 Å². The third-order valence-corrected chi connectivity index (χ3v) is 7.53. The van der Waals surface area contributed by atoms with Gasteiger partial charge in [0.15, 0.2) is 0 Å². The van der Waals surface area contributed by atoms with Crippen molar-refractivity contribution in [2.75, 3.05) is 13.1 Å². The van der Waals surface area contributed by atoms with Crippen molar-refractivity contribution in [1.82, 2.24) is 19.8 Å². The maximum absolute atomic E-state index is 13.1. The fourth-order valence-corrected chi connectivity index (χ4v) is 5.28. The lowest BCUT2D eigenvalue weighted by molar-refractivity contribution is 0.0916. The summed E-state index contributed by atoms with van der Waals surface area (Å²) in [7, 11) is 0. The van der Waals surface area contributed by atoms with Crippen LogP contribution in [0.1, 0.15) is 28.0 Å². The lowest BCUT2D eigenvalue weighted by Gasteiger charge is -2.26. The largest absolute Gasteiger partial charge is 0.445 e. The van der Waals surface area contributed by atoms with Crippen molar-refractivity contribution in [2.24, 2.45) is 0 Å². The standard InChI is InChI=1S/C34H34N4O2S/c39-34(40-26-30-12-5-2-6-13-30)38(25-32-22-35-27-41-32)21-9-20-37(23-28-10-3-1-4-11-28)24-29-15-17-31(18-16-29)33-14-7-8-19-36-33/h1-8,10-19,22,27H,9,20-21,23-26H2. The Balaban J connectivity index is 1.23. The zero-order valence-electron chi connectivity index (χ0n) is 23.0. The maximum atomic E-state index is 13.1. The summed E-state index contributed by atoms with van der Waals surface area (Å²) in [4.78, 5) is 27.0. The molecule has 0 atom stereocenters. The number of carbonyl (C=O) groups is 1. The number of ether oxygens (including phenoxy) is 1. The first-order valence-electron chi connectivity index (χ1n) is 13.8. The first kappa shape index (κ1) is 28.2.